The Labute approximate surface area is 160 Å². The van der Waals surface area contributed by atoms with Crippen molar-refractivity contribution in [3.8, 4) is 29.0 Å². The molecule has 0 radical (unpaired) electrons. The van der Waals surface area contributed by atoms with Crippen molar-refractivity contribution >= 4 is 11.5 Å². The lowest BCUT2D eigenvalue weighted by Crippen LogP contribution is -2.02. The maximum absolute atomic E-state index is 9.34. The zero-order chi connectivity index (χ0) is 19.3. The fraction of sp³-hybridized carbons (Fsp3) is 0.200. The molecule has 1 fully saturated rings. The summed E-state index contributed by atoms with van der Waals surface area (Å²) in [7, 11) is 1.85. The van der Waals surface area contributed by atoms with E-state index in [1.54, 1.807) is 39.7 Å². The fourth-order valence-corrected chi connectivity index (χ4v) is 3.27. The molecule has 0 aliphatic heterocycles. The van der Waals surface area contributed by atoms with Crippen molar-refractivity contribution in [2.75, 3.05) is 5.73 Å². The van der Waals surface area contributed by atoms with Crippen molar-refractivity contribution in [3.05, 3.63) is 53.9 Å². The zero-order valence-electron chi connectivity index (χ0n) is 15.2. The molecule has 0 saturated heterocycles. The van der Waals surface area contributed by atoms with Gasteiger partial charge in [-0.1, -0.05) is 0 Å². The number of ether oxygens (including phenoxy) is 1. The van der Waals surface area contributed by atoms with Gasteiger partial charge in [0.15, 0.2) is 5.65 Å². The van der Waals surface area contributed by atoms with Gasteiger partial charge in [-0.2, -0.15) is 15.5 Å². The molecule has 4 aromatic rings. The van der Waals surface area contributed by atoms with Crippen LogP contribution in [0.1, 0.15) is 30.0 Å². The maximum atomic E-state index is 9.34. The third kappa shape index (κ3) is 2.74. The molecule has 8 heteroatoms. The van der Waals surface area contributed by atoms with Crippen molar-refractivity contribution in [1.29, 1.82) is 5.26 Å². The first-order valence-electron chi connectivity index (χ1n) is 8.99. The highest BCUT2D eigenvalue weighted by Gasteiger charge is 2.27. The van der Waals surface area contributed by atoms with Gasteiger partial charge in [-0.3, -0.25) is 0 Å². The molecule has 0 atom stereocenters. The van der Waals surface area contributed by atoms with Crippen LogP contribution in [0.15, 0.2) is 42.6 Å². The molecular weight excluding hydrogens is 354 g/mol. The molecule has 1 aliphatic rings. The molecule has 1 aromatic carbocycles. The van der Waals surface area contributed by atoms with Crippen LogP contribution in [0.3, 0.4) is 0 Å². The smallest absolute Gasteiger partial charge is 0.217 e. The van der Waals surface area contributed by atoms with Crippen molar-refractivity contribution in [2.45, 2.75) is 18.8 Å². The van der Waals surface area contributed by atoms with Gasteiger partial charge in [0.25, 0.3) is 0 Å². The van der Waals surface area contributed by atoms with Crippen molar-refractivity contribution in [3.63, 3.8) is 0 Å². The fourth-order valence-electron chi connectivity index (χ4n) is 3.27. The summed E-state index contributed by atoms with van der Waals surface area (Å²) in [6.45, 7) is 0. The quantitative estimate of drug-likeness (QED) is 0.590. The molecule has 0 amide bonds. The Hall–Kier alpha value is -3.86. The summed E-state index contributed by atoms with van der Waals surface area (Å²) in [5, 5.41) is 18.2. The van der Waals surface area contributed by atoms with E-state index in [1.165, 1.54) is 12.8 Å². The number of aromatic nitrogens is 5. The average molecular weight is 371 g/mol. The van der Waals surface area contributed by atoms with Crippen LogP contribution >= 0.6 is 0 Å². The summed E-state index contributed by atoms with van der Waals surface area (Å²) in [6, 6.07) is 12.9. The summed E-state index contributed by atoms with van der Waals surface area (Å²) >= 11 is 0. The molecule has 2 N–H and O–H groups in total. The van der Waals surface area contributed by atoms with Gasteiger partial charge >= 0.3 is 0 Å². The molecule has 3 aromatic heterocycles. The van der Waals surface area contributed by atoms with Gasteiger partial charge in [0.05, 0.1) is 29.2 Å². The zero-order valence-corrected chi connectivity index (χ0v) is 15.2. The van der Waals surface area contributed by atoms with Gasteiger partial charge in [0.2, 0.25) is 5.88 Å². The molecule has 3 heterocycles. The van der Waals surface area contributed by atoms with Crippen LogP contribution in [0.25, 0.3) is 16.9 Å². The standard InChI is InChI=1S/C20H17N7O/c1-26-20(9-15(25-26)13-3-4-13)28-17-8-12(11-21)2-5-14(17)16-10-18(22)24-19-6-7-23-27(16)19/h2,5-10,13H,3-4H2,1H3,(H2,22,24). The van der Waals surface area contributed by atoms with Gasteiger partial charge in [-0.05, 0) is 31.0 Å². The van der Waals surface area contributed by atoms with Crippen molar-refractivity contribution in [1.82, 2.24) is 24.4 Å². The maximum Gasteiger partial charge on any atom is 0.217 e. The van der Waals surface area contributed by atoms with Crippen molar-refractivity contribution in [2.24, 2.45) is 7.05 Å². The summed E-state index contributed by atoms with van der Waals surface area (Å²) < 4.78 is 9.63. The Morgan fingerprint density at radius 3 is 2.86 bits per heavy atom. The topological polar surface area (TPSA) is 107 Å². The Morgan fingerprint density at radius 1 is 1.21 bits per heavy atom. The summed E-state index contributed by atoms with van der Waals surface area (Å²) in [6.07, 6.45) is 4.00. The Morgan fingerprint density at radius 2 is 2.07 bits per heavy atom. The van der Waals surface area contributed by atoms with Gasteiger partial charge in [-0.25, -0.2) is 14.2 Å². The second kappa shape index (κ2) is 6.09. The lowest BCUT2D eigenvalue weighted by atomic mass is 10.1. The van der Waals surface area contributed by atoms with Crippen LogP contribution in [0.4, 0.5) is 5.82 Å². The highest BCUT2D eigenvalue weighted by molar-refractivity contribution is 5.73. The number of nitriles is 1. The molecule has 8 nitrogen and oxygen atoms in total. The Balaban J connectivity index is 1.65. The number of benzene rings is 1. The van der Waals surface area contributed by atoms with Crippen LogP contribution < -0.4 is 10.5 Å². The summed E-state index contributed by atoms with van der Waals surface area (Å²) in [5.41, 5.74) is 9.66. The summed E-state index contributed by atoms with van der Waals surface area (Å²) in [4.78, 5) is 4.28. The number of nitrogen functional groups attached to an aromatic ring is 1. The summed E-state index contributed by atoms with van der Waals surface area (Å²) in [5.74, 6) is 2.07. The monoisotopic (exact) mass is 371 g/mol. The molecular formula is C20H17N7O. The SMILES string of the molecule is Cn1nc(C2CC2)cc1Oc1cc(C#N)ccc1-c1cc(N)nc2ccnn12. The molecule has 28 heavy (non-hydrogen) atoms. The van der Waals surface area contributed by atoms with Gasteiger partial charge in [-0.15, -0.1) is 0 Å². The van der Waals surface area contributed by atoms with Crippen LogP contribution in [0.2, 0.25) is 0 Å². The number of nitrogens with two attached hydrogens (primary N) is 1. The van der Waals surface area contributed by atoms with E-state index < -0.39 is 0 Å². The molecule has 5 rings (SSSR count). The van der Waals surface area contributed by atoms with Gasteiger partial charge < -0.3 is 10.5 Å². The predicted molar refractivity (Wildman–Crippen MR) is 103 cm³/mol. The number of rotatable bonds is 4. The molecule has 138 valence electrons. The molecule has 0 bridgehead atoms. The Bertz CT molecular complexity index is 1240. The van der Waals surface area contributed by atoms with Gasteiger partial charge in [0, 0.05) is 36.7 Å². The van der Waals surface area contributed by atoms with Crippen LogP contribution in [0.5, 0.6) is 11.6 Å². The highest BCUT2D eigenvalue weighted by Crippen LogP contribution is 2.41. The number of aryl methyl sites for hydroxylation is 1. The van der Waals surface area contributed by atoms with E-state index >= 15 is 0 Å². The van der Waals surface area contributed by atoms with Crippen LogP contribution in [-0.2, 0) is 7.05 Å². The first-order valence-corrected chi connectivity index (χ1v) is 8.99. The number of hydrogen-bond acceptors (Lipinski definition) is 6. The van der Waals surface area contributed by atoms with Crippen molar-refractivity contribution < 1.29 is 4.74 Å². The van der Waals surface area contributed by atoms with Gasteiger partial charge in [0.1, 0.15) is 11.6 Å². The second-order valence-corrected chi connectivity index (χ2v) is 6.90. The van der Waals surface area contributed by atoms with Crippen LogP contribution in [0, 0.1) is 11.3 Å². The lowest BCUT2D eigenvalue weighted by molar-refractivity contribution is 0.431. The first kappa shape index (κ1) is 16.3. The first-order chi connectivity index (χ1) is 13.6. The molecule has 1 saturated carbocycles. The van der Waals surface area contributed by atoms with E-state index in [9.17, 15) is 5.26 Å². The molecule has 1 aliphatic carbocycles. The second-order valence-electron chi connectivity index (χ2n) is 6.90. The van der Waals surface area contributed by atoms with E-state index in [-0.39, 0.29) is 0 Å². The van der Waals surface area contributed by atoms with E-state index in [0.717, 1.165) is 17.0 Å². The number of hydrogen-bond donors (Lipinski definition) is 1. The number of fused-ring (bicyclic) bond motifs is 1. The Kier molecular flexibility index (Phi) is 3.55. The van der Waals surface area contributed by atoms with E-state index in [0.29, 0.717) is 34.6 Å². The van der Waals surface area contributed by atoms with E-state index in [1.807, 2.05) is 19.2 Å². The minimum atomic E-state index is 0.384. The molecule has 0 spiro atoms. The van der Waals surface area contributed by atoms with E-state index in [2.05, 4.69) is 21.3 Å². The third-order valence-electron chi connectivity index (χ3n) is 4.83. The number of nitrogens with zero attached hydrogens (tertiary/aromatic N) is 6. The van der Waals surface area contributed by atoms with E-state index in [4.69, 9.17) is 10.5 Å². The van der Waals surface area contributed by atoms with Crippen LogP contribution in [-0.4, -0.2) is 24.4 Å². The number of anilines is 1. The minimum absolute atomic E-state index is 0.384. The normalized spacial score (nSPS) is 13.6. The minimum Gasteiger partial charge on any atom is -0.439 e. The predicted octanol–water partition coefficient (Wildman–Crippen LogP) is 3.25. The average Bonchev–Trinajstić information content (AvgIpc) is 3.33. The molecule has 0 unspecified atom stereocenters. The largest absolute Gasteiger partial charge is 0.439 e. The third-order valence-corrected chi connectivity index (χ3v) is 4.83. The highest BCUT2D eigenvalue weighted by atomic mass is 16.5. The lowest BCUT2D eigenvalue weighted by Gasteiger charge is -2.13.